The van der Waals surface area contributed by atoms with Crippen LogP contribution in [0.3, 0.4) is 0 Å². The van der Waals surface area contributed by atoms with Gasteiger partial charge in [-0.3, -0.25) is 4.79 Å². The normalized spacial score (nSPS) is 29.0. The number of benzene rings is 1. The van der Waals surface area contributed by atoms with Gasteiger partial charge in [-0.15, -0.1) is 11.8 Å². The molecule has 114 valence electrons. The molecule has 3 unspecified atom stereocenters. The van der Waals surface area contributed by atoms with Crippen molar-refractivity contribution in [2.45, 2.75) is 37.5 Å². The van der Waals surface area contributed by atoms with E-state index in [-0.39, 0.29) is 23.8 Å². The van der Waals surface area contributed by atoms with Gasteiger partial charge in [0.1, 0.15) is 5.25 Å². The Balaban J connectivity index is 1.85. The van der Waals surface area contributed by atoms with Crippen LogP contribution in [0.25, 0.3) is 0 Å². The summed E-state index contributed by atoms with van der Waals surface area (Å²) in [6.07, 6.45) is 3.19. The molecule has 2 aliphatic heterocycles. The van der Waals surface area contributed by atoms with Crippen molar-refractivity contribution in [1.82, 2.24) is 4.90 Å². The first-order valence-corrected chi connectivity index (χ1v) is 8.88. The van der Waals surface area contributed by atoms with E-state index < -0.39 is 0 Å². The summed E-state index contributed by atoms with van der Waals surface area (Å²) in [6, 6.07) is 8.28. The molecule has 0 spiro atoms. The molecule has 4 heteroatoms. The summed E-state index contributed by atoms with van der Waals surface area (Å²) in [6.45, 7) is 3.00. The van der Waals surface area contributed by atoms with E-state index >= 15 is 0 Å². The number of rotatable bonds is 2. The highest BCUT2D eigenvalue weighted by Gasteiger charge is 2.37. The molecule has 1 aromatic rings. The zero-order chi connectivity index (χ0) is 14.8. The third-order valence-corrected chi connectivity index (χ3v) is 6.03. The number of aryl methyl sites for hydroxylation is 1. The van der Waals surface area contributed by atoms with Crippen LogP contribution in [0.15, 0.2) is 24.3 Å². The molecule has 0 aromatic heterocycles. The minimum Gasteiger partial charge on any atom is -0.394 e. The first-order valence-electron chi connectivity index (χ1n) is 7.83. The monoisotopic (exact) mass is 305 g/mol. The standard InChI is InChI=1S/C17H23NO2S/c1-12-5-4-9-18(15(12)11-19)17(20)16-14-7-3-2-6-13(14)8-10-21-16/h2-3,6-7,12,15-16,19H,4-5,8-11H2,1H3. The average molecular weight is 305 g/mol. The van der Waals surface area contributed by atoms with Crippen molar-refractivity contribution in [3.05, 3.63) is 35.4 Å². The molecule has 21 heavy (non-hydrogen) atoms. The van der Waals surface area contributed by atoms with Crippen molar-refractivity contribution in [2.24, 2.45) is 5.92 Å². The Morgan fingerprint density at radius 3 is 3.05 bits per heavy atom. The largest absolute Gasteiger partial charge is 0.394 e. The van der Waals surface area contributed by atoms with E-state index in [1.54, 1.807) is 11.8 Å². The molecular weight excluding hydrogens is 282 g/mol. The molecule has 1 amide bonds. The van der Waals surface area contributed by atoms with Crippen molar-refractivity contribution in [3.63, 3.8) is 0 Å². The van der Waals surface area contributed by atoms with Gasteiger partial charge < -0.3 is 10.0 Å². The van der Waals surface area contributed by atoms with E-state index in [4.69, 9.17) is 0 Å². The number of aliphatic hydroxyl groups excluding tert-OH is 1. The van der Waals surface area contributed by atoms with Crippen LogP contribution < -0.4 is 0 Å². The molecule has 3 nitrogen and oxygen atoms in total. The maximum absolute atomic E-state index is 13.0. The van der Waals surface area contributed by atoms with Crippen molar-refractivity contribution in [3.8, 4) is 0 Å². The number of hydrogen-bond acceptors (Lipinski definition) is 3. The van der Waals surface area contributed by atoms with E-state index in [2.05, 4.69) is 25.1 Å². The summed E-state index contributed by atoms with van der Waals surface area (Å²) < 4.78 is 0. The SMILES string of the molecule is CC1CCCN(C(=O)C2SCCc3ccccc32)C1CO. The van der Waals surface area contributed by atoms with Gasteiger partial charge in [0.15, 0.2) is 0 Å². The smallest absolute Gasteiger partial charge is 0.240 e. The fourth-order valence-corrected chi connectivity index (χ4v) is 4.81. The number of fused-ring (bicyclic) bond motifs is 1. The van der Waals surface area contributed by atoms with E-state index in [0.29, 0.717) is 5.92 Å². The van der Waals surface area contributed by atoms with Crippen LogP contribution in [0.5, 0.6) is 0 Å². The van der Waals surface area contributed by atoms with Crippen LogP contribution in [-0.4, -0.2) is 40.9 Å². The quantitative estimate of drug-likeness (QED) is 0.913. The molecule has 2 aliphatic rings. The van der Waals surface area contributed by atoms with Crippen LogP contribution in [-0.2, 0) is 11.2 Å². The molecule has 0 aliphatic carbocycles. The third-order valence-electron chi connectivity index (χ3n) is 4.80. The minimum atomic E-state index is -0.0886. The van der Waals surface area contributed by atoms with Crippen LogP contribution in [0.4, 0.5) is 0 Å². The lowest BCUT2D eigenvalue weighted by Gasteiger charge is -2.41. The van der Waals surface area contributed by atoms with Gasteiger partial charge in [0.2, 0.25) is 5.91 Å². The molecule has 1 aromatic carbocycles. The number of carbonyl (C=O) groups is 1. The number of nitrogens with zero attached hydrogens (tertiary/aromatic N) is 1. The number of aliphatic hydroxyl groups is 1. The molecule has 0 radical (unpaired) electrons. The number of carbonyl (C=O) groups excluding carboxylic acids is 1. The molecule has 3 rings (SSSR count). The van der Waals surface area contributed by atoms with E-state index in [1.807, 2.05) is 11.0 Å². The molecule has 2 heterocycles. The number of amides is 1. The lowest BCUT2D eigenvalue weighted by molar-refractivity contribution is -0.137. The molecule has 3 atom stereocenters. The second-order valence-electron chi connectivity index (χ2n) is 6.10. The van der Waals surface area contributed by atoms with Gasteiger partial charge in [0.05, 0.1) is 12.6 Å². The maximum Gasteiger partial charge on any atom is 0.240 e. The fraction of sp³-hybridized carbons (Fsp3) is 0.588. The molecule has 1 fully saturated rings. The molecule has 1 saturated heterocycles. The highest BCUT2D eigenvalue weighted by molar-refractivity contribution is 8.00. The summed E-state index contributed by atoms with van der Waals surface area (Å²) in [5.74, 6) is 1.58. The van der Waals surface area contributed by atoms with Gasteiger partial charge in [-0.05, 0) is 42.1 Å². The van der Waals surface area contributed by atoms with Gasteiger partial charge in [0, 0.05) is 6.54 Å². The van der Waals surface area contributed by atoms with Crippen molar-refractivity contribution < 1.29 is 9.90 Å². The third kappa shape index (κ3) is 2.84. The van der Waals surface area contributed by atoms with Crippen LogP contribution in [0, 0.1) is 5.92 Å². The Morgan fingerprint density at radius 2 is 2.24 bits per heavy atom. The number of thioether (sulfide) groups is 1. The van der Waals surface area contributed by atoms with Gasteiger partial charge in [-0.25, -0.2) is 0 Å². The van der Waals surface area contributed by atoms with Crippen molar-refractivity contribution >= 4 is 17.7 Å². The fourth-order valence-electron chi connectivity index (χ4n) is 3.55. The van der Waals surface area contributed by atoms with Crippen molar-refractivity contribution in [2.75, 3.05) is 18.9 Å². The Labute approximate surface area is 130 Å². The summed E-state index contributed by atoms with van der Waals surface area (Å²) in [5, 5.41) is 9.59. The second kappa shape index (κ2) is 6.41. The molecule has 0 bridgehead atoms. The minimum absolute atomic E-state index is 0.0130. The summed E-state index contributed by atoms with van der Waals surface area (Å²) in [5.41, 5.74) is 2.48. The van der Waals surface area contributed by atoms with E-state index in [9.17, 15) is 9.90 Å². The summed E-state index contributed by atoms with van der Waals surface area (Å²) >= 11 is 1.75. The lowest BCUT2D eigenvalue weighted by Crippen LogP contribution is -2.51. The Kier molecular flexibility index (Phi) is 4.55. The second-order valence-corrected chi connectivity index (χ2v) is 7.31. The molecule has 0 saturated carbocycles. The lowest BCUT2D eigenvalue weighted by atomic mass is 9.90. The maximum atomic E-state index is 13.0. The Bertz CT molecular complexity index is 519. The summed E-state index contributed by atoms with van der Waals surface area (Å²) in [7, 11) is 0. The zero-order valence-electron chi connectivity index (χ0n) is 12.5. The number of piperidine rings is 1. The topological polar surface area (TPSA) is 40.5 Å². The Hall–Kier alpha value is -1.00. The first-order chi connectivity index (χ1) is 10.2. The number of likely N-dealkylation sites (tertiary alicyclic amines) is 1. The van der Waals surface area contributed by atoms with Crippen LogP contribution >= 0.6 is 11.8 Å². The highest BCUT2D eigenvalue weighted by Crippen LogP contribution is 2.39. The predicted molar refractivity (Wildman–Crippen MR) is 86.3 cm³/mol. The van der Waals surface area contributed by atoms with Gasteiger partial charge in [-0.1, -0.05) is 31.2 Å². The van der Waals surface area contributed by atoms with E-state index in [1.165, 1.54) is 11.1 Å². The van der Waals surface area contributed by atoms with Crippen molar-refractivity contribution in [1.29, 1.82) is 0 Å². The Morgan fingerprint density at radius 1 is 1.43 bits per heavy atom. The van der Waals surface area contributed by atoms with Gasteiger partial charge >= 0.3 is 0 Å². The first kappa shape index (κ1) is 14.9. The predicted octanol–water partition coefficient (Wildman–Crippen LogP) is 2.64. The van der Waals surface area contributed by atoms with Crippen LogP contribution in [0.2, 0.25) is 0 Å². The average Bonchev–Trinajstić information content (AvgIpc) is 2.53. The summed E-state index contributed by atoms with van der Waals surface area (Å²) in [4.78, 5) is 15.0. The number of hydrogen-bond donors (Lipinski definition) is 1. The van der Waals surface area contributed by atoms with E-state index in [0.717, 1.165) is 31.6 Å². The molecular formula is C17H23NO2S. The zero-order valence-corrected chi connectivity index (χ0v) is 13.3. The van der Waals surface area contributed by atoms with Gasteiger partial charge in [-0.2, -0.15) is 0 Å². The van der Waals surface area contributed by atoms with Gasteiger partial charge in [0.25, 0.3) is 0 Å². The van der Waals surface area contributed by atoms with Crippen LogP contribution in [0.1, 0.15) is 36.1 Å². The molecule has 1 N–H and O–H groups in total. The highest BCUT2D eigenvalue weighted by atomic mass is 32.2.